The van der Waals surface area contributed by atoms with E-state index in [9.17, 15) is 0 Å². The van der Waals surface area contributed by atoms with Crippen LogP contribution < -0.4 is 10.5 Å². The predicted molar refractivity (Wildman–Crippen MR) is 72.6 cm³/mol. The molecule has 0 atom stereocenters. The number of ether oxygens (including phenoxy) is 1. The van der Waals surface area contributed by atoms with E-state index in [0.717, 1.165) is 30.0 Å². The second-order valence-corrected chi connectivity index (χ2v) is 4.15. The van der Waals surface area contributed by atoms with Gasteiger partial charge in [-0.05, 0) is 36.2 Å². The topological polar surface area (TPSA) is 48.1 Å². The van der Waals surface area contributed by atoms with E-state index in [2.05, 4.69) is 24.0 Å². The van der Waals surface area contributed by atoms with Crippen LogP contribution in [0.2, 0.25) is 0 Å². The van der Waals surface area contributed by atoms with Crippen molar-refractivity contribution in [2.24, 2.45) is 5.73 Å². The highest BCUT2D eigenvalue weighted by Crippen LogP contribution is 2.24. The van der Waals surface area contributed by atoms with Crippen molar-refractivity contribution in [2.45, 2.75) is 26.3 Å². The molecule has 0 aliphatic rings. The molecule has 0 amide bonds. The second kappa shape index (κ2) is 6.17. The zero-order chi connectivity index (χ0) is 12.8. The molecule has 0 bridgehead atoms. The van der Waals surface area contributed by atoms with Crippen molar-refractivity contribution in [1.29, 1.82) is 0 Å². The van der Waals surface area contributed by atoms with Crippen molar-refractivity contribution < 1.29 is 4.74 Å². The zero-order valence-electron chi connectivity index (χ0n) is 10.6. The monoisotopic (exact) mass is 242 g/mol. The fourth-order valence-electron chi connectivity index (χ4n) is 1.81. The van der Waals surface area contributed by atoms with Gasteiger partial charge in [0.1, 0.15) is 11.5 Å². The van der Waals surface area contributed by atoms with Crippen LogP contribution in [0.4, 0.5) is 0 Å². The average molecular weight is 242 g/mol. The molecule has 0 aliphatic heterocycles. The van der Waals surface area contributed by atoms with E-state index in [-0.39, 0.29) is 0 Å². The number of nitrogens with two attached hydrogens (primary N) is 1. The Hall–Kier alpha value is -1.87. The summed E-state index contributed by atoms with van der Waals surface area (Å²) in [4.78, 5) is 4.19. The Morgan fingerprint density at radius 1 is 1.17 bits per heavy atom. The van der Waals surface area contributed by atoms with Crippen LogP contribution in [0.5, 0.6) is 11.5 Å². The molecule has 0 spiro atoms. The van der Waals surface area contributed by atoms with Gasteiger partial charge >= 0.3 is 0 Å². The van der Waals surface area contributed by atoms with Gasteiger partial charge in [-0.1, -0.05) is 25.5 Å². The molecule has 1 aromatic carbocycles. The first-order chi connectivity index (χ1) is 8.83. The van der Waals surface area contributed by atoms with Gasteiger partial charge in [0.05, 0.1) is 5.69 Å². The standard InChI is InChI=1S/C15H18N2O/c1-2-4-12-6-8-13(9-7-12)18-15-5-3-10-17-14(15)11-16/h3,5-10H,2,4,11,16H2,1H3. The summed E-state index contributed by atoms with van der Waals surface area (Å²) in [6, 6.07) is 11.9. The van der Waals surface area contributed by atoms with E-state index in [1.54, 1.807) is 6.20 Å². The highest BCUT2D eigenvalue weighted by atomic mass is 16.5. The number of hydrogen-bond acceptors (Lipinski definition) is 3. The van der Waals surface area contributed by atoms with Crippen molar-refractivity contribution in [1.82, 2.24) is 4.98 Å². The summed E-state index contributed by atoms with van der Waals surface area (Å²) < 4.78 is 5.79. The maximum absolute atomic E-state index is 5.79. The Morgan fingerprint density at radius 2 is 1.94 bits per heavy atom. The molecule has 0 fully saturated rings. The van der Waals surface area contributed by atoms with E-state index in [1.165, 1.54) is 5.56 Å². The van der Waals surface area contributed by atoms with Crippen LogP contribution in [0.15, 0.2) is 42.6 Å². The van der Waals surface area contributed by atoms with Gasteiger partial charge in [-0.3, -0.25) is 4.98 Å². The number of benzene rings is 1. The summed E-state index contributed by atoms with van der Waals surface area (Å²) >= 11 is 0. The number of nitrogens with zero attached hydrogens (tertiary/aromatic N) is 1. The fraction of sp³-hybridized carbons (Fsp3) is 0.267. The van der Waals surface area contributed by atoms with Crippen LogP contribution in [0.1, 0.15) is 24.6 Å². The SMILES string of the molecule is CCCc1ccc(Oc2cccnc2CN)cc1. The van der Waals surface area contributed by atoms with Crippen LogP contribution in [-0.2, 0) is 13.0 Å². The zero-order valence-corrected chi connectivity index (χ0v) is 10.6. The van der Waals surface area contributed by atoms with Crippen LogP contribution in [0.25, 0.3) is 0 Å². The van der Waals surface area contributed by atoms with Crippen molar-refractivity contribution in [2.75, 3.05) is 0 Å². The van der Waals surface area contributed by atoms with Gasteiger partial charge in [-0.15, -0.1) is 0 Å². The Morgan fingerprint density at radius 3 is 2.61 bits per heavy atom. The van der Waals surface area contributed by atoms with Gasteiger partial charge in [0.15, 0.2) is 0 Å². The van der Waals surface area contributed by atoms with Gasteiger partial charge in [-0.25, -0.2) is 0 Å². The van der Waals surface area contributed by atoms with E-state index >= 15 is 0 Å². The average Bonchev–Trinajstić information content (AvgIpc) is 2.42. The molecule has 0 saturated carbocycles. The molecule has 18 heavy (non-hydrogen) atoms. The molecule has 3 heteroatoms. The number of pyridine rings is 1. The summed E-state index contributed by atoms with van der Waals surface area (Å²) in [7, 11) is 0. The molecule has 0 aliphatic carbocycles. The Balaban J connectivity index is 2.13. The smallest absolute Gasteiger partial charge is 0.150 e. The van der Waals surface area contributed by atoms with Crippen LogP contribution in [0, 0.1) is 0 Å². The lowest BCUT2D eigenvalue weighted by Crippen LogP contribution is -2.01. The maximum Gasteiger partial charge on any atom is 0.150 e. The minimum Gasteiger partial charge on any atom is -0.455 e. The van der Waals surface area contributed by atoms with Crippen molar-refractivity contribution >= 4 is 0 Å². The molecule has 0 saturated heterocycles. The second-order valence-electron chi connectivity index (χ2n) is 4.15. The normalized spacial score (nSPS) is 10.3. The van der Waals surface area contributed by atoms with E-state index in [1.807, 2.05) is 24.3 Å². The molecule has 1 aromatic heterocycles. The molecule has 1 heterocycles. The largest absolute Gasteiger partial charge is 0.455 e. The summed E-state index contributed by atoms with van der Waals surface area (Å²) in [6.45, 7) is 2.55. The molecule has 3 nitrogen and oxygen atoms in total. The van der Waals surface area contributed by atoms with Gasteiger partial charge in [0.25, 0.3) is 0 Å². The minimum atomic E-state index is 0.379. The lowest BCUT2D eigenvalue weighted by atomic mass is 10.1. The van der Waals surface area contributed by atoms with Gasteiger partial charge < -0.3 is 10.5 Å². The van der Waals surface area contributed by atoms with Crippen LogP contribution in [0.3, 0.4) is 0 Å². The van der Waals surface area contributed by atoms with Gasteiger partial charge in [-0.2, -0.15) is 0 Å². The lowest BCUT2D eigenvalue weighted by molar-refractivity contribution is 0.472. The van der Waals surface area contributed by atoms with Crippen LogP contribution in [-0.4, -0.2) is 4.98 Å². The van der Waals surface area contributed by atoms with Crippen molar-refractivity contribution in [3.05, 3.63) is 53.9 Å². The third-order valence-corrected chi connectivity index (χ3v) is 2.73. The number of aromatic nitrogens is 1. The minimum absolute atomic E-state index is 0.379. The third-order valence-electron chi connectivity index (χ3n) is 2.73. The molecular formula is C15H18N2O. The molecular weight excluding hydrogens is 224 g/mol. The highest BCUT2D eigenvalue weighted by Gasteiger charge is 2.03. The highest BCUT2D eigenvalue weighted by molar-refractivity contribution is 5.35. The van der Waals surface area contributed by atoms with Crippen molar-refractivity contribution in [3.8, 4) is 11.5 Å². The molecule has 2 N–H and O–H groups in total. The number of hydrogen-bond donors (Lipinski definition) is 1. The summed E-state index contributed by atoms with van der Waals surface area (Å²) in [5.74, 6) is 1.54. The first-order valence-electron chi connectivity index (χ1n) is 6.24. The van der Waals surface area contributed by atoms with E-state index in [4.69, 9.17) is 10.5 Å². The Labute approximate surface area is 108 Å². The number of aryl methyl sites for hydroxylation is 1. The molecule has 2 aromatic rings. The first kappa shape index (κ1) is 12.6. The predicted octanol–water partition coefficient (Wildman–Crippen LogP) is 3.29. The molecule has 0 unspecified atom stereocenters. The van der Waals surface area contributed by atoms with E-state index in [0.29, 0.717) is 6.54 Å². The first-order valence-corrected chi connectivity index (χ1v) is 6.24. The number of rotatable bonds is 5. The molecule has 0 radical (unpaired) electrons. The van der Waals surface area contributed by atoms with E-state index < -0.39 is 0 Å². The fourth-order valence-corrected chi connectivity index (χ4v) is 1.81. The third kappa shape index (κ3) is 3.08. The Kier molecular flexibility index (Phi) is 4.31. The summed E-state index contributed by atoms with van der Waals surface area (Å²) in [5, 5.41) is 0. The summed E-state index contributed by atoms with van der Waals surface area (Å²) in [5.41, 5.74) is 7.73. The molecule has 94 valence electrons. The van der Waals surface area contributed by atoms with Crippen molar-refractivity contribution in [3.63, 3.8) is 0 Å². The maximum atomic E-state index is 5.79. The van der Waals surface area contributed by atoms with Gasteiger partial charge in [0.2, 0.25) is 0 Å². The quantitative estimate of drug-likeness (QED) is 0.875. The molecule has 2 rings (SSSR count). The van der Waals surface area contributed by atoms with Crippen LogP contribution >= 0.6 is 0 Å². The lowest BCUT2D eigenvalue weighted by Gasteiger charge is -2.09. The van der Waals surface area contributed by atoms with Gasteiger partial charge in [0, 0.05) is 12.7 Å². The Bertz CT molecular complexity index is 494. The summed E-state index contributed by atoms with van der Waals surface area (Å²) in [6.07, 6.45) is 3.97.